The van der Waals surface area contributed by atoms with Crippen molar-refractivity contribution in [3.8, 4) is 12.5 Å². The first-order chi connectivity index (χ1) is 9.52. The molecule has 1 aromatic rings. The van der Waals surface area contributed by atoms with Crippen molar-refractivity contribution in [3.63, 3.8) is 0 Å². The van der Waals surface area contributed by atoms with Crippen molar-refractivity contribution in [1.29, 1.82) is 0 Å². The quantitative estimate of drug-likeness (QED) is 0.521. The molecular weight excluding hydrogens is 285 g/mol. The minimum absolute atomic E-state index is 0.164. The maximum Gasteiger partial charge on any atom is 0.417 e. The van der Waals surface area contributed by atoms with Crippen LogP contribution in [0.1, 0.15) is 18.4 Å². The minimum atomic E-state index is -4.32. The first-order valence-electron chi connectivity index (χ1n) is 6.31. The highest BCUT2D eigenvalue weighted by Gasteiger charge is 2.35. The zero-order valence-corrected chi connectivity index (χ0v) is 11.6. The van der Waals surface area contributed by atoms with Crippen LogP contribution >= 0.6 is 11.9 Å². The summed E-state index contributed by atoms with van der Waals surface area (Å²) in [5.41, 5.74) is -0.583. The van der Waals surface area contributed by atoms with Crippen LogP contribution in [0.5, 0.6) is 0 Å². The van der Waals surface area contributed by atoms with Crippen LogP contribution in [0.15, 0.2) is 29.2 Å². The summed E-state index contributed by atoms with van der Waals surface area (Å²) >= 11 is 1.17. The Labute approximate surface area is 120 Å². The topological polar surface area (TPSA) is 15.3 Å². The minimum Gasteiger partial charge on any atom is -0.345 e. The fraction of sp³-hybridized carbons (Fsp3) is 0.429. The van der Waals surface area contributed by atoms with Gasteiger partial charge in [0.25, 0.3) is 0 Å². The zero-order chi connectivity index (χ0) is 14.6. The van der Waals surface area contributed by atoms with Crippen LogP contribution in [0, 0.1) is 12.5 Å². The molecule has 0 bridgehead atoms. The summed E-state index contributed by atoms with van der Waals surface area (Å²) in [6.45, 7) is 1.37. The van der Waals surface area contributed by atoms with Crippen molar-refractivity contribution in [3.05, 3.63) is 29.8 Å². The molecule has 0 radical (unpaired) electrons. The molecule has 0 amide bonds. The SMILES string of the molecule is C#CNCC1CCCN1Sc1ccccc1C(F)(F)F. The molecule has 0 saturated carbocycles. The lowest BCUT2D eigenvalue weighted by atomic mass is 10.2. The van der Waals surface area contributed by atoms with Crippen LogP contribution < -0.4 is 5.32 Å². The maximum atomic E-state index is 13.0. The first-order valence-corrected chi connectivity index (χ1v) is 7.09. The molecule has 1 aliphatic rings. The van der Waals surface area contributed by atoms with Gasteiger partial charge in [-0.3, -0.25) is 0 Å². The Hall–Kier alpha value is -1.32. The second-order valence-corrected chi connectivity index (χ2v) is 5.64. The number of nitrogens with one attached hydrogen (secondary N) is 1. The third kappa shape index (κ3) is 3.62. The highest BCUT2D eigenvalue weighted by atomic mass is 32.2. The molecule has 6 heteroatoms. The Morgan fingerprint density at radius 2 is 2.15 bits per heavy atom. The van der Waals surface area contributed by atoms with Gasteiger partial charge in [-0.15, -0.1) is 0 Å². The predicted octanol–water partition coefficient (Wildman–Crippen LogP) is 3.36. The van der Waals surface area contributed by atoms with E-state index in [4.69, 9.17) is 6.42 Å². The summed E-state index contributed by atoms with van der Waals surface area (Å²) < 4.78 is 40.8. The fourth-order valence-corrected chi connectivity index (χ4v) is 3.44. The summed E-state index contributed by atoms with van der Waals surface area (Å²) in [7, 11) is 0. The fourth-order valence-electron chi connectivity index (χ4n) is 2.22. The number of hydrogen-bond acceptors (Lipinski definition) is 3. The van der Waals surface area contributed by atoms with Gasteiger partial charge in [0.05, 0.1) is 5.56 Å². The van der Waals surface area contributed by atoms with E-state index >= 15 is 0 Å². The standard InChI is InChI=1S/C14H15F3N2S/c1-2-18-10-11-6-5-9-19(11)20-13-8-4-3-7-12(13)14(15,16)17/h1,3-4,7-8,11,18H,5-6,9-10H2. The molecule has 1 unspecified atom stereocenters. The molecule has 1 fully saturated rings. The molecule has 20 heavy (non-hydrogen) atoms. The molecule has 0 spiro atoms. The Balaban J connectivity index is 2.12. The molecule has 1 N–H and O–H groups in total. The third-order valence-electron chi connectivity index (χ3n) is 3.17. The van der Waals surface area contributed by atoms with Gasteiger partial charge in [0.2, 0.25) is 0 Å². The van der Waals surface area contributed by atoms with Gasteiger partial charge in [-0.1, -0.05) is 18.6 Å². The summed E-state index contributed by atoms with van der Waals surface area (Å²) in [6, 6.07) is 8.18. The van der Waals surface area contributed by atoms with Crippen molar-refractivity contribution in [2.75, 3.05) is 13.1 Å². The lowest BCUT2D eigenvalue weighted by molar-refractivity contribution is -0.139. The second kappa shape index (κ2) is 6.42. The number of rotatable bonds is 4. The number of halogens is 3. The number of nitrogens with zero attached hydrogens (tertiary/aromatic N) is 1. The molecule has 0 aliphatic carbocycles. The normalized spacial score (nSPS) is 19.8. The van der Waals surface area contributed by atoms with E-state index in [9.17, 15) is 13.2 Å². The van der Waals surface area contributed by atoms with Gasteiger partial charge in [-0.05, 0) is 36.9 Å². The molecule has 0 aromatic heterocycles. The highest BCUT2D eigenvalue weighted by Crippen LogP contribution is 2.39. The lowest BCUT2D eigenvalue weighted by Gasteiger charge is -2.24. The Morgan fingerprint density at radius 3 is 2.85 bits per heavy atom. The predicted molar refractivity (Wildman–Crippen MR) is 73.9 cm³/mol. The van der Waals surface area contributed by atoms with E-state index in [2.05, 4.69) is 11.4 Å². The van der Waals surface area contributed by atoms with Gasteiger partial charge in [0.1, 0.15) is 0 Å². The lowest BCUT2D eigenvalue weighted by Crippen LogP contribution is -2.32. The molecule has 1 aliphatic heterocycles. The van der Waals surface area contributed by atoms with Gasteiger partial charge in [-0.25, -0.2) is 4.31 Å². The van der Waals surface area contributed by atoms with Gasteiger partial charge in [0.15, 0.2) is 0 Å². The number of hydrogen-bond donors (Lipinski definition) is 1. The van der Waals surface area contributed by atoms with E-state index < -0.39 is 11.7 Å². The summed E-state index contributed by atoms with van der Waals surface area (Å²) in [4.78, 5) is 0.243. The molecule has 1 atom stereocenters. The Morgan fingerprint density at radius 1 is 1.40 bits per heavy atom. The van der Waals surface area contributed by atoms with Crippen LogP contribution in [-0.2, 0) is 6.18 Å². The van der Waals surface area contributed by atoms with Crippen LogP contribution in [0.3, 0.4) is 0 Å². The van der Waals surface area contributed by atoms with E-state index in [-0.39, 0.29) is 10.9 Å². The van der Waals surface area contributed by atoms with Gasteiger partial charge >= 0.3 is 6.18 Å². The molecular formula is C14H15F3N2S. The Bertz CT molecular complexity index is 496. The van der Waals surface area contributed by atoms with Crippen molar-refractivity contribution >= 4 is 11.9 Å². The monoisotopic (exact) mass is 300 g/mol. The summed E-state index contributed by atoms with van der Waals surface area (Å²) in [5.74, 6) is 0. The third-order valence-corrected chi connectivity index (χ3v) is 4.44. The number of benzene rings is 1. The van der Waals surface area contributed by atoms with Crippen molar-refractivity contribution in [1.82, 2.24) is 9.62 Å². The van der Waals surface area contributed by atoms with Gasteiger partial charge in [0, 0.05) is 30.1 Å². The second-order valence-electron chi connectivity index (χ2n) is 4.55. The first kappa shape index (κ1) is 15.1. The smallest absolute Gasteiger partial charge is 0.345 e. The molecule has 108 valence electrons. The van der Waals surface area contributed by atoms with Crippen LogP contribution in [0.25, 0.3) is 0 Å². The highest BCUT2D eigenvalue weighted by molar-refractivity contribution is 7.97. The number of terminal acetylenes is 1. The Kier molecular flexibility index (Phi) is 4.84. The molecule has 1 saturated heterocycles. The van der Waals surface area contributed by atoms with Crippen LogP contribution in [0.2, 0.25) is 0 Å². The van der Waals surface area contributed by atoms with Crippen LogP contribution in [-0.4, -0.2) is 23.4 Å². The average molecular weight is 300 g/mol. The van der Waals surface area contributed by atoms with E-state index in [1.807, 2.05) is 4.31 Å². The van der Waals surface area contributed by atoms with Gasteiger partial charge < -0.3 is 5.32 Å². The zero-order valence-electron chi connectivity index (χ0n) is 10.8. The summed E-state index contributed by atoms with van der Waals surface area (Å²) in [5, 5.41) is 2.80. The number of alkyl halides is 3. The summed E-state index contributed by atoms with van der Waals surface area (Å²) in [6.07, 6.45) is 2.74. The van der Waals surface area contributed by atoms with E-state index in [0.29, 0.717) is 6.54 Å². The van der Waals surface area contributed by atoms with Crippen molar-refractivity contribution in [2.45, 2.75) is 30.0 Å². The van der Waals surface area contributed by atoms with Gasteiger partial charge in [-0.2, -0.15) is 13.2 Å². The molecule has 1 aromatic carbocycles. The molecule has 2 rings (SSSR count). The van der Waals surface area contributed by atoms with E-state index in [1.165, 1.54) is 24.1 Å². The van der Waals surface area contributed by atoms with E-state index in [0.717, 1.165) is 25.5 Å². The largest absolute Gasteiger partial charge is 0.417 e. The molecule has 2 nitrogen and oxygen atoms in total. The van der Waals surface area contributed by atoms with Crippen molar-refractivity contribution in [2.24, 2.45) is 0 Å². The average Bonchev–Trinajstić information content (AvgIpc) is 2.83. The van der Waals surface area contributed by atoms with Crippen LogP contribution in [0.4, 0.5) is 13.2 Å². The van der Waals surface area contributed by atoms with E-state index in [1.54, 1.807) is 6.07 Å². The maximum absolute atomic E-state index is 13.0. The molecule has 1 heterocycles. The van der Waals surface area contributed by atoms with Crippen molar-refractivity contribution < 1.29 is 13.2 Å².